The molecule has 0 bridgehead atoms. The smallest absolute Gasteiger partial charge is 0.462 e. The van der Waals surface area contributed by atoms with Crippen molar-refractivity contribution in [3.63, 3.8) is 0 Å². The molecule has 82 heavy (non-hydrogen) atoms. The molecular weight excluding hydrogens is 1040 g/mol. The van der Waals surface area contributed by atoms with Crippen molar-refractivity contribution < 1.29 is 42.1 Å². The lowest BCUT2D eigenvalue weighted by Gasteiger charge is -2.24. The summed E-state index contributed by atoms with van der Waals surface area (Å²) in [6, 6.07) is 0. The normalized spacial score (nSPS) is 13.4. The van der Waals surface area contributed by atoms with Crippen LogP contribution in [0.15, 0.2) is 48.6 Å². The number of hydrogen-bond acceptors (Lipinski definition) is 7. The molecule has 0 fully saturated rings. The molecule has 0 aromatic rings. The number of hydrogen-bond donors (Lipinski definition) is 1. The minimum Gasteiger partial charge on any atom is -0.462 e. The number of nitrogens with zero attached hydrogens (tertiary/aromatic N) is 1. The second-order valence-corrected chi connectivity index (χ2v) is 26.7. The number of carbonyl (C=O) groups is 2. The van der Waals surface area contributed by atoms with Crippen molar-refractivity contribution in [3.8, 4) is 0 Å². The van der Waals surface area contributed by atoms with Gasteiger partial charge in [-0.25, -0.2) is 4.57 Å². The number of unbranched alkanes of at least 4 members (excludes halogenated alkanes) is 44. The number of rotatable bonds is 66. The number of likely N-dealkylation sites (N-methyl/N-ethyl adjacent to an activating group) is 1. The lowest BCUT2D eigenvalue weighted by molar-refractivity contribution is -0.870. The van der Waals surface area contributed by atoms with Gasteiger partial charge in [0.2, 0.25) is 0 Å². The van der Waals surface area contributed by atoms with E-state index in [0.717, 1.165) is 70.6 Å². The molecule has 0 heterocycles. The summed E-state index contributed by atoms with van der Waals surface area (Å²) in [7, 11) is 1.49. The first kappa shape index (κ1) is 80.0. The van der Waals surface area contributed by atoms with Gasteiger partial charge in [0.05, 0.1) is 27.7 Å². The standard InChI is InChI=1S/C72H136NO8P/c1-6-8-10-12-14-16-18-20-22-24-26-28-30-31-32-33-34-35-36-37-38-39-40-41-43-44-46-48-50-52-54-56-58-60-62-64-71(74)78-68-70(69-80-82(76,77)79-67-66-73(3,4)5)81-72(75)65-63-61-59-57-55-53-51-49-47-45-42-29-27-25-23-21-19-17-15-13-11-9-7-2/h9,11,15,17,21,23,27,29,70H,6-8,10,12-14,16,18-20,22,24-26,28,30-69H2,1-5H3/p+1/b11-9-,17-15-,23-21-,29-27-. The molecule has 0 saturated heterocycles. The molecule has 10 heteroatoms. The zero-order chi connectivity index (χ0) is 59.8. The number of phosphoric ester groups is 1. The van der Waals surface area contributed by atoms with Crippen molar-refractivity contribution in [2.24, 2.45) is 0 Å². The van der Waals surface area contributed by atoms with Gasteiger partial charge in [-0.2, -0.15) is 0 Å². The van der Waals surface area contributed by atoms with E-state index in [1.54, 1.807) is 0 Å². The van der Waals surface area contributed by atoms with Crippen molar-refractivity contribution in [1.29, 1.82) is 0 Å². The highest BCUT2D eigenvalue weighted by Gasteiger charge is 2.27. The van der Waals surface area contributed by atoms with E-state index < -0.39 is 26.5 Å². The van der Waals surface area contributed by atoms with E-state index in [1.807, 2.05) is 21.1 Å². The van der Waals surface area contributed by atoms with Crippen molar-refractivity contribution in [3.05, 3.63) is 48.6 Å². The Morgan fingerprint density at radius 3 is 1.04 bits per heavy atom. The highest BCUT2D eigenvalue weighted by molar-refractivity contribution is 7.47. The SMILES string of the molecule is CC/C=C\C/C=C\C/C=C\C/C=C\CCCCCCCCCCCCC(=O)OC(COC(=O)CCCCCCCCCCCCCCCCCCCCCCCCCCCCCCCCCCCCC)COP(=O)(O)OCC[N+](C)(C)C. The zero-order valence-corrected chi connectivity index (χ0v) is 55.9. The fraction of sp³-hybridized carbons (Fsp3) is 0.861. The van der Waals surface area contributed by atoms with E-state index in [4.69, 9.17) is 18.5 Å². The number of quaternary nitrogens is 1. The number of ether oxygens (including phenoxy) is 2. The molecule has 2 atom stereocenters. The maximum Gasteiger partial charge on any atom is 0.472 e. The van der Waals surface area contributed by atoms with E-state index in [0.29, 0.717) is 23.9 Å². The van der Waals surface area contributed by atoms with Crippen molar-refractivity contribution >= 4 is 19.8 Å². The number of allylic oxidation sites excluding steroid dienone is 8. The van der Waals surface area contributed by atoms with Gasteiger partial charge in [-0.05, 0) is 51.4 Å². The maximum atomic E-state index is 12.9. The molecule has 0 amide bonds. The molecule has 0 saturated carbocycles. The zero-order valence-electron chi connectivity index (χ0n) is 55.0. The molecule has 0 aliphatic rings. The molecule has 9 nitrogen and oxygen atoms in total. The molecule has 0 aliphatic heterocycles. The van der Waals surface area contributed by atoms with Crippen molar-refractivity contribution in [2.75, 3.05) is 47.5 Å². The highest BCUT2D eigenvalue weighted by atomic mass is 31.2. The highest BCUT2D eigenvalue weighted by Crippen LogP contribution is 2.43. The fourth-order valence-corrected chi connectivity index (χ4v) is 11.2. The maximum absolute atomic E-state index is 12.9. The Hall–Kier alpha value is -2.03. The fourth-order valence-electron chi connectivity index (χ4n) is 10.5. The number of esters is 2. The molecule has 0 rings (SSSR count). The largest absolute Gasteiger partial charge is 0.472 e. The number of phosphoric acid groups is 1. The molecule has 482 valence electrons. The Kier molecular flexibility index (Phi) is 61.9. The topological polar surface area (TPSA) is 108 Å². The van der Waals surface area contributed by atoms with Crippen molar-refractivity contribution in [2.45, 2.75) is 354 Å². The van der Waals surface area contributed by atoms with Crippen LogP contribution in [0.3, 0.4) is 0 Å². The van der Waals surface area contributed by atoms with E-state index in [-0.39, 0.29) is 25.6 Å². The van der Waals surface area contributed by atoms with Crippen LogP contribution >= 0.6 is 7.82 Å². The first-order valence-electron chi connectivity index (χ1n) is 35.4. The summed E-state index contributed by atoms with van der Waals surface area (Å²) in [6.45, 7) is 4.37. The van der Waals surface area contributed by atoms with E-state index in [9.17, 15) is 19.0 Å². The van der Waals surface area contributed by atoms with Gasteiger partial charge >= 0.3 is 19.8 Å². The Morgan fingerprint density at radius 1 is 0.390 bits per heavy atom. The van der Waals surface area contributed by atoms with E-state index in [1.165, 1.54) is 244 Å². The van der Waals surface area contributed by atoms with Crippen LogP contribution in [0.2, 0.25) is 0 Å². The predicted octanol–water partition coefficient (Wildman–Crippen LogP) is 22.8. The summed E-state index contributed by atoms with van der Waals surface area (Å²) in [6.07, 6.45) is 82.3. The van der Waals surface area contributed by atoms with Gasteiger partial charge in [0.1, 0.15) is 19.8 Å². The average Bonchev–Trinajstić information content (AvgIpc) is 3.46. The van der Waals surface area contributed by atoms with E-state index >= 15 is 0 Å². The Balaban J connectivity index is 3.95. The first-order chi connectivity index (χ1) is 40.0. The minimum atomic E-state index is -4.39. The lowest BCUT2D eigenvalue weighted by Crippen LogP contribution is -2.37. The molecule has 0 radical (unpaired) electrons. The second kappa shape index (κ2) is 63.5. The predicted molar refractivity (Wildman–Crippen MR) is 353 cm³/mol. The van der Waals surface area contributed by atoms with Crippen LogP contribution in [0.5, 0.6) is 0 Å². The third kappa shape index (κ3) is 67.1. The van der Waals surface area contributed by atoms with Crippen LogP contribution in [-0.2, 0) is 32.7 Å². The van der Waals surface area contributed by atoms with Crippen molar-refractivity contribution in [1.82, 2.24) is 0 Å². The summed E-state index contributed by atoms with van der Waals surface area (Å²) in [5.41, 5.74) is 0. The van der Waals surface area contributed by atoms with E-state index in [2.05, 4.69) is 62.5 Å². The summed E-state index contributed by atoms with van der Waals surface area (Å²) in [4.78, 5) is 35.8. The van der Waals surface area contributed by atoms with Crippen LogP contribution < -0.4 is 0 Å². The molecular formula is C72H137NO8P+. The van der Waals surface area contributed by atoms with Gasteiger partial charge in [0.25, 0.3) is 0 Å². The summed E-state index contributed by atoms with van der Waals surface area (Å²) >= 11 is 0. The van der Waals surface area contributed by atoms with Gasteiger partial charge in [0.15, 0.2) is 6.10 Å². The van der Waals surface area contributed by atoms with Crippen LogP contribution in [0, 0.1) is 0 Å². The third-order valence-electron chi connectivity index (χ3n) is 15.9. The summed E-state index contributed by atoms with van der Waals surface area (Å²) in [5.74, 6) is -0.786. The summed E-state index contributed by atoms with van der Waals surface area (Å²) in [5, 5.41) is 0. The molecule has 0 aromatic heterocycles. The van der Waals surface area contributed by atoms with Gasteiger partial charge in [-0.3, -0.25) is 18.6 Å². The molecule has 0 aliphatic carbocycles. The molecule has 0 spiro atoms. The summed E-state index contributed by atoms with van der Waals surface area (Å²) < 4.78 is 34.7. The molecule has 1 N–H and O–H groups in total. The molecule has 2 unspecified atom stereocenters. The van der Waals surface area contributed by atoms with Gasteiger partial charge in [-0.1, -0.05) is 332 Å². The van der Waals surface area contributed by atoms with Gasteiger partial charge < -0.3 is 18.9 Å². The Labute approximate surface area is 509 Å². The average molecular weight is 1180 g/mol. The number of carbonyl (C=O) groups excluding carboxylic acids is 2. The Morgan fingerprint density at radius 2 is 0.695 bits per heavy atom. The first-order valence-corrected chi connectivity index (χ1v) is 36.9. The van der Waals surface area contributed by atoms with Crippen LogP contribution in [0.25, 0.3) is 0 Å². The van der Waals surface area contributed by atoms with Gasteiger partial charge in [-0.15, -0.1) is 0 Å². The van der Waals surface area contributed by atoms with Crippen LogP contribution in [-0.4, -0.2) is 74.9 Å². The second-order valence-electron chi connectivity index (χ2n) is 25.3. The lowest BCUT2D eigenvalue weighted by atomic mass is 10.0. The van der Waals surface area contributed by atoms with Crippen LogP contribution in [0.1, 0.15) is 348 Å². The van der Waals surface area contributed by atoms with Crippen LogP contribution in [0.4, 0.5) is 0 Å². The third-order valence-corrected chi connectivity index (χ3v) is 16.9. The van der Waals surface area contributed by atoms with Gasteiger partial charge in [0, 0.05) is 12.8 Å². The minimum absolute atomic E-state index is 0.0315. The monoisotopic (exact) mass is 1180 g/mol. The quantitative estimate of drug-likeness (QED) is 0.0211. The molecule has 0 aromatic carbocycles. The Bertz CT molecular complexity index is 1520.